The van der Waals surface area contributed by atoms with Crippen molar-refractivity contribution in [2.45, 2.75) is 0 Å². The van der Waals surface area contributed by atoms with Gasteiger partial charge in [-0.15, -0.1) is 0 Å². The van der Waals surface area contributed by atoms with E-state index >= 15 is 0 Å². The molecule has 1 aromatic rings. The van der Waals surface area contributed by atoms with E-state index in [-0.39, 0.29) is 24.0 Å². The molecular formula is C11H14N4O5. The van der Waals surface area contributed by atoms with E-state index in [0.717, 1.165) is 0 Å². The standard InChI is InChI=1S/C11H14N4O5/c16-10(17)7-13-3-5-14(6-4-13)11(18)8-1-2-9(12-8)15(19)20/h1-2,12H,3-7H2,(H,16,17). The molecule has 1 aliphatic heterocycles. The average molecular weight is 282 g/mol. The maximum atomic E-state index is 12.1. The fraction of sp³-hybridized carbons (Fsp3) is 0.455. The van der Waals surface area contributed by atoms with E-state index in [1.54, 1.807) is 9.80 Å². The molecule has 0 bridgehead atoms. The number of nitrogens with zero attached hydrogens (tertiary/aromatic N) is 3. The number of nitro groups is 1. The first-order valence-electron chi connectivity index (χ1n) is 6.04. The van der Waals surface area contributed by atoms with Crippen molar-refractivity contribution in [3.05, 3.63) is 27.9 Å². The maximum Gasteiger partial charge on any atom is 0.321 e. The summed E-state index contributed by atoms with van der Waals surface area (Å²) >= 11 is 0. The van der Waals surface area contributed by atoms with E-state index in [4.69, 9.17) is 5.11 Å². The lowest BCUT2D eigenvalue weighted by Gasteiger charge is -2.33. The molecule has 0 aromatic carbocycles. The zero-order valence-corrected chi connectivity index (χ0v) is 10.6. The molecule has 0 saturated carbocycles. The Morgan fingerprint density at radius 2 is 1.95 bits per heavy atom. The van der Waals surface area contributed by atoms with Gasteiger partial charge in [0, 0.05) is 32.2 Å². The van der Waals surface area contributed by atoms with Crippen LogP contribution in [0.1, 0.15) is 10.5 Å². The van der Waals surface area contributed by atoms with E-state index in [1.165, 1.54) is 12.1 Å². The molecule has 0 atom stereocenters. The molecule has 2 N–H and O–H groups in total. The molecule has 0 aliphatic carbocycles. The van der Waals surface area contributed by atoms with Crippen LogP contribution in [0.5, 0.6) is 0 Å². The van der Waals surface area contributed by atoms with E-state index < -0.39 is 10.9 Å². The van der Waals surface area contributed by atoms with Crippen LogP contribution in [-0.2, 0) is 4.79 Å². The molecule has 9 nitrogen and oxygen atoms in total. The van der Waals surface area contributed by atoms with E-state index in [1.807, 2.05) is 0 Å². The van der Waals surface area contributed by atoms with Gasteiger partial charge in [-0.3, -0.25) is 14.5 Å². The van der Waals surface area contributed by atoms with Gasteiger partial charge in [0.15, 0.2) is 5.69 Å². The van der Waals surface area contributed by atoms with Gasteiger partial charge in [0.25, 0.3) is 5.91 Å². The second-order valence-electron chi connectivity index (χ2n) is 4.48. The Morgan fingerprint density at radius 3 is 2.45 bits per heavy atom. The molecule has 1 saturated heterocycles. The predicted molar refractivity (Wildman–Crippen MR) is 67.4 cm³/mol. The third kappa shape index (κ3) is 3.12. The lowest BCUT2D eigenvalue weighted by atomic mass is 10.3. The molecule has 0 spiro atoms. The molecule has 1 fully saturated rings. The minimum atomic E-state index is -0.898. The number of carbonyl (C=O) groups excluding carboxylic acids is 1. The number of H-pyrrole nitrogens is 1. The number of carbonyl (C=O) groups is 2. The van der Waals surface area contributed by atoms with Crippen molar-refractivity contribution in [2.75, 3.05) is 32.7 Å². The highest BCUT2D eigenvalue weighted by Gasteiger charge is 2.26. The SMILES string of the molecule is O=C(O)CN1CCN(C(=O)c2ccc([N+](=O)[O-])[nH]2)CC1. The Kier molecular flexibility index (Phi) is 3.99. The van der Waals surface area contributed by atoms with Crippen LogP contribution in [0.2, 0.25) is 0 Å². The molecule has 0 radical (unpaired) electrons. The largest absolute Gasteiger partial charge is 0.480 e. The fourth-order valence-corrected chi connectivity index (χ4v) is 2.09. The van der Waals surface area contributed by atoms with E-state index in [2.05, 4.69) is 4.98 Å². The summed E-state index contributed by atoms with van der Waals surface area (Å²) in [6.45, 7) is 1.70. The van der Waals surface area contributed by atoms with E-state index in [0.29, 0.717) is 26.2 Å². The normalized spacial score (nSPS) is 16.1. The van der Waals surface area contributed by atoms with Gasteiger partial charge in [0.05, 0.1) is 6.54 Å². The number of aromatic amines is 1. The highest BCUT2D eigenvalue weighted by atomic mass is 16.6. The Labute approximate surface area is 113 Å². The summed E-state index contributed by atoms with van der Waals surface area (Å²) in [7, 11) is 0. The van der Waals surface area contributed by atoms with Crippen molar-refractivity contribution in [2.24, 2.45) is 0 Å². The van der Waals surface area contributed by atoms with Crippen LogP contribution >= 0.6 is 0 Å². The van der Waals surface area contributed by atoms with Gasteiger partial charge in [-0.25, -0.2) is 4.98 Å². The number of aliphatic carboxylic acids is 1. The molecule has 108 valence electrons. The lowest BCUT2D eigenvalue weighted by Crippen LogP contribution is -2.49. The summed E-state index contributed by atoms with van der Waals surface area (Å²) in [6.07, 6.45) is 0. The molecule has 1 aliphatic rings. The third-order valence-electron chi connectivity index (χ3n) is 3.12. The monoisotopic (exact) mass is 282 g/mol. The molecule has 9 heteroatoms. The van der Waals surface area contributed by atoms with Crippen molar-refractivity contribution < 1.29 is 19.6 Å². The fourth-order valence-electron chi connectivity index (χ4n) is 2.09. The van der Waals surface area contributed by atoms with Gasteiger partial charge in [0.2, 0.25) is 0 Å². The van der Waals surface area contributed by atoms with E-state index in [9.17, 15) is 19.7 Å². The van der Waals surface area contributed by atoms with Crippen molar-refractivity contribution >= 4 is 17.7 Å². The molecule has 1 amide bonds. The first-order chi connectivity index (χ1) is 9.47. The highest BCUT2D eigenvalue weighted by molar-refractivity contribution is 5.93. The van der Waals surface area contributed by atoms with Crippen LogP contribution in [0.3, 0.4) is 0 Å². The number of hydrogen-bond acceptors (Lipinski definition) is 5. The maximum absolute atomic E-state index is 12.1. The van der Waals surface area contributed by atoms with Crippen LogP contribution in [0.4, 0.5) is 5.82 Å². The van der Waals surface area contributed by atoms with Crippen LogP contribution in [0.15, 0.2) is 12.1 Å². The Bertz CT molecular complexity index is 533. The topological polar surface area (TPSA) is 120 Å². The lowest BCUT2D eigenvalue weighted by molar-refractivity contribution is -0.389. The smallest absolute Gasteiger partial charge is 0.321 e. The Morgan fingerprint density at radius 1 is 1.30 bits per heavy atom. The second kappa shape index (κ2) is 5.70. The number of carboxylic acid groups (broad SMARTS) is 1. The number of piperazine rings is 1. The summed E-state index contributed by atoms with van der Waals surface area (Å²) in [5.41, 5.74) is 0.170. The number of aromatic nitrogens is 1. The Hall–Kier alpha value is -2.42. The average Bonchev–Trinajstić information content (AvgIpc) is 2.88. The van der Waals surface area contributed by atoms with Crippen molar-refractivity contribution in [3.8, 4) is 0 Å². The second-order valence-corrected chi connectivity index (χ2v) is 4.48. The summed E-state index contributed by atoms with van der Waals surface area (Å²) in [4.78, 5) is 38.4. The minimum Gasteiger partial charge on any atom is -0.480 e. The molecule has 1 aromatic heterocycles. The zero-order valence-electron chi connectivity index (χ0n) is 10.6. The first-order valence-corrected chi connectivity index (χ1v) is 6.04. The van der Waals surface area contributed by atoms with Gasteiger partial charge in [-0.2, -0.15) is 0 Å². The predicted octanol–water partition coefficient (Wildman–Crippen LogP) is -0.235. The van der Waals surface area contributed by atoms with Crippen molar-refractivity contribution in [3.63, 3.8) is 0 Å². The minimum absolute atomic E-state index is 0.0456. The number of nitrogens with one attached hydrogen (secondary N) is 1. The van der Waals surface area contributed by atoms with Gasteiger partial charge in [-0.05, 0) is 11.0 Å². The van der Waals surface area contributed by atoms with Crippen LogP contribution < -0.4 is 0 Å². The molecular weight excluding hydrogens is 268 g/mol. The molecule has 0 unspecified atom stereocenters. The van der Waals surface area contributed by atoms with Crippen LogP contribution in [-0.4, -0.2) is 69.4 Å². The number of rotatable bonds is 4. The summed E-state index contributed by atoms with van der Waals surface area (Å²) in [5, 5.41) is 19.2. The first kappa shape index (κ1) is 14.0. The zero-order chi connectivity index (χ0) is 14.7. The molecule has 20 heavy (non-hydrogen) atoms. The van der Waals surface area contributed by atoms with Gasteiger partial charge in [0.1, 0.15) is 0 Å². The Balaban J connectivity index is 1.94. The quantitative estimate of drug-likeness (QED) is 0.581. The third-order valence-corrected chi connectivity index (χ3v) is 3.12. The molecule has 2 heterocycles. The number of carboxylic acids is 1. The van der Waals surface area contributed by atoms with Crippen LogP contribution in [0, 0.1) is 10.1 Å². The van der Waals surface area contributed by atoms with Crippen molar-refractivity contribution in [1.82, 2.24) is 14.8 Å². The van der Waals surface area contributed by atoms with Gasteiger partial charge >= 0.3 is 11.8 Å². The van der Waals surface area contributed by atoms with Gasteiger partial charge < -0.3 is 20.1 Å². The number of amides is 1. The summed E-state index contributed by atoms with van der Waals surface area (Å²) < 4.78 is 0. The summed E-state index contributed by atoms with van der Waals surface area (Å²) in [5.74, 6) is -1.43. The van der Waals surface area contributed by atoms with Gasteiger partial charge in [-0.1, -0.05) is 0 Å². The number of hydrogen-bond donors (Lipinski definition) is 2. The van der Waals surface area contributed by atoms with Crippen LogP contribution in [0.25, 0.3) is 0 Å². The highest BCUT2D eigenvalue weighted by Crippen LogP contribution is 2.13. The molecule has 2 rings (SSSR count). The summed E-state index contributed by atoms with van der Waals surface area (Å²) in [6, 6.07) is 2.62. The van der Waals surface area contributed by atoms with Crippen molar-refractivity contribution in [1.29, 1.82) is 0 Å².